The normalized spacial score (nSPS) is 10.8. The van der Waals surface area contributed by atoms with Crippen LogP contribution in [0.15, 0.2) is 11.6 Å². The Kier molecular flexibility index (Phi) is 6.57. The van der Waals surface area contributed by atoms with Crippen LogP contribution in [-0.2, 0) is 9.53 Å². The van der Waals surface area contributed by atoms with Crippen molar-refractivity contribution in [3.63, 3.8) is 0 Å². The number of carbonyl (C=O) groups is 1. The van der Waals surface area contributed by atoms with E-state index >= 15 is 0 Å². The molecule has 0 bridgehead atoms. The molecule has 0 aliphatic carbocycles. The Morgan fingerprint density at radius 3 is 2.64 bits per heavy atom. The van der Waals surface area contributed by atoms with Crippen LogP contribution in [-0.4, -0.2) is 12.6 Å². The molecule has 78 valence electrons. The van der Waals surface area contributed by atoms with Gasteiger partial charge in [0, 0.05) is 5.92 Å². The number of rotatable bonds is 3. The molecule has 0 amide bonds. The third-order valence-electron chi connectivity index (χ3n) is 1.50. The van der Waals surface area contributed by atoms with E-state index in [1.165, 1.54) is 5.57 Å². The van der Waals surface area contributed by atoms with Gasteiger partial charge in [0.25, 0.3) is 0 Å². The molecule has 0 aromatic carbocycles. The first kappa shape index (κ1) is 12.8. The zero-order valence-corrected chi connectivity index (χ0v) is 9.39. The van der Waals surface area contributed by atoms with Gasteiger partial charge >= 0.3 is 5.97 Å². The molecule has 0 radical (unpaired) electrons. The molecule has 0 aliphatic heterocycles. The second-order valence-electron chi connectivity index (χ2n) is 3.58. The van der Waals surface area contributed by atoms with Crippen LogP contribution in [0.2, 0.25) is 0 Å². The van der Waals surface area contributed by atoms with Gasteiger partial charge in [0.2, 0.25) is 0 Å². The molecule has 0 aromatic heterocycles. The summed E-state index contributed by atoms with van der Waals surface area (Å²) in [6.45, 7) is 8.45. The van der Waals surface area contributed by atoms with Crippen LogP contribution in [0, 0.1) is 17.8 Å². The fraction of sp³-hybridized carbons (Fsp3) is 0.583. The molecule has 2 heteroatoms. The lowest BCUT2D eigenvalue weighted by Gasteiger charge is -2.01. The Morgan fingerprint density at radius 1 is 1.50 bits per heavy atom. The summed E-state index contributed by atoms with van der Waals surface area (Å²) in [7, 11) is 0. The molecule has 0 spiro atoms. The Bertz CT molecular complexity index is 264. The molecule has 14 heavy (non-hydrogen) atoms. The maximum atomic E-state index is 10.8. The molecule has 0 unspecified atom stereocenters. The third-order valence-corrected chi connectivity index (χ3v) is 1.50. The van der Waals surface area contributed by atoms with Gasteiger partial charge in [-0.1, -0.05) is 25.3 Å². The standard InChI is InChI=1S/C12H18O2/c1-5-14-12(13)8-6-7-11(4)9-10(2)3/h7,10H,5,9H2,1-4H3/b11-7+. The Morgan fingerprint density at radius 2 is 2.14 bits per heavy atom. The number of hydrogen-bond donors (Lipinski definition) is 0. The molecule has 0 N–H and O–H groups in total. The average molecular weight is 194 g/mol. The summed E-state index contributed by atoms with van der Waals surface area (Å²) in [4.78, 5) is 10.8. The molecule has 0 saturated heterocycles. The van der Waals surface area contributed by atoms with Crippen LogP contribution in [0.25, 0.3) is 0 Å². The lowest BCUT2D eigenvalue weighted by molar-refractivity contribution is -0.136. The Balaban J connectivity index is 4.05. The van der Waals surface area contributed by atoms with Gasteiger partial charge in [0.15, 0.2) is 0 Å². The predicted octanol–water partition coefficient (Wildman–Crippen LogP) is 2.55. The van der Waals surface area contributed by atoms with Gasteiger partial charge in [-0.05, 0) is 32.3 Å². The smallest absolute Gasteiger partial charge is 0.384 e. The van der Waals surface area contributed by atoms with E-state index in [4.69, 9.17) is 0 Å². The van der Waals surface area contributed by atoms with Crippen molar-refractivity contribution < 1.29 is 9.53 Å². The number of ether oxygens (including phenoxy) is 1. The molecule has 0 heterocycles. The quantitative estimate of drug-likeness (QED) is 0.392. The molecular weight excluding hydrogens is 176 g/mol. The summed E-state index contributed by atoms with van der Waals surface area (Å²) in [6.07, 6.45) is 2.79. The number of hydrogen-bond acceptors (Lipinski definition) is 2. The van der Waals surface area contributed by atoms with Crippen molar-refractivity contribution in [2.75, 3.05) is 6.61 Å². The SMILES string of the molecule is CCOC(=O)C#C/C=C(\C)CC(C)C. The molecule has 0 atom stereocenters. The number of allylic oxidation sites excluding steroid dienone is 2. The van der Waals surface area contributed by atoms with Gasteiger partial charge in [-0.2, -0.15) is 0 Å². The van der Waals surface area contributed by atoms with E-state index in [0.29, 0.717) is 12.5 Å². The van der Waals surface area contributed by atoms with Crippen molar-refractivity contribution in [2.24, 2.45) is 5.92 Å². The van der Waals surface area contributed by atoms with E-state index in [-0.39, 0.29) is 0 Å². The number of carbonyl (C=O) groups excluding carboxylic acids is 1. The summed E-state index contributed by atoms with van der Waals surface area (Å²) in [5.41, 5.74) is 1.19. The maximum Gasteiger partial charge on any atom is 0.384 e. The van der Waals surface area contributed by atoms with Gasteiger partial charge in [0.05, 0.1) is 6.61 Å². The van der Waals surface area contributed by atoms with Crippen LogP contribution >= 0.6 is 0 Å². The Hall–Kier alpha value is -1.23. The highest BCUT2D eigenvalue weighted by Crippen LogP contribution is 2.08. The predicted molar refractivity (Wildman–Crippen MR) is 57.6 cm³/mol. The van der Waals surface area contributed by atoms with E-state index in [1.54, 1.807) is 13.0 Å². The minimum Gasteiger partial charge on any atom is -0.456 e. The van der Waals surface area contributed by atoms with Crippen molar-refractivity contribution in [2.45, 2.75) is 34.1 Å². The number of esters is 1. The minimum absolute atomic E-state index is 0.377. The molecule has 0 rings (SSSR count). The molecule has 0 saturated carbocycles. The van der Waals surface area contributed by atoms with E-state index < -0.39 is 5.97 Å². The summed E-state index contributed by atoms with van der Waals surface area (Å²) in [5.74, 6) is 5.25. The minimum atomic E-state index is -0.457. The molecule has 0 aromatic rings. The fourth-order valence-corrected chi connectivity index (χ4v) is 1.09. The largest absolute Gasteiger partial charge is 0.456 e. The van der Waals surface area contributed by atoms with Crippen LogP contribution in [0.4, 0.5) is 0 Å². The molecule has 2 nitrogen and oxygen atoms in total. The van der Waals surface area contributed by atoms with Crippen LogP contribution in [0.1, 0.15) is 34.1 Å². The van der Waals surface area contributed by atoms with Gasteiger partial charge < -0.3 is 4.74 Å². The van der Waals surface area contributed by atoms with Gasteiger partial charge in [0.1, 0.15) is 0 Å². The van der Waals surface area contributed by atoms with Crippen LogP contribution in [0.3, 0.4) is 0 Å². The third kappa shape index (κ3) is 7.42. The summed E-state index contributed by atoms with van der Waals surface area (Å²) < 4.78 is 4.66. The van der Waals surface area contributed by atoms with E-state index in [0.717, 1.165) is 6.42 Å². The molecule has 0 fully saturated rings. The second kappa shape index (κ2) is 7.20. The van der Waals surface area contributed by atoms with E-state index in [9.17, 15) is 4.79 Å². The molecular formula is C12H18O2. The monoisotopic (exact) mass is 194 g/mol. The van der Waals surface area contributed by atoms with Crippen LogP contribution in [0.5, 0.6) is 0 Å². The summed E-state index contributed by atoms with van der Waals surface area (Å²) in [6, 6.07) is 0. The fourth-order valence-electron chi connectivity index (χ4n) is 1.09. The second-order valence-corrected chi connectivity index (χ2v) is 3.58. The highest BCUT2D eigenvalue weighted by Gasteiger charge is 1.94. The first-order chi connectivity index (χ1) is 6.56. The van der Waals surface area contributed by atoms with E-state index in [2.05, 4.69) is 30.4 Å². The Labute approximate surface area is 86.3 Å². The van der Waals surface area contributed by atoms with Gasteiger partial charge in [-0.25, -0.2) is 4.79 Å². The van der Waals surface area contributed by atoms with E-state index in [1.807, 2.05) is 6.92 Å². The van der Waals surface area contributed by atoms with Crippen molar-refractivity contribution in [1.29, 1.82) is 0 Å². The van der Waals surface area contributed by atoms with Crippen molar-refractivity contribution in [1.82, 2.24) is 0 Å². The van der Waals surface area contributed by atoms with Gasteiger partial charge in [-0.3, -0.25) is 0 Å². The first-order valence-electron chi connectivity index (χ1n) is 4.90. The molecule has 0 aliphatic rings. The van der Waals surface area contributed by atoms with Crippen molar-refractivity contribution in [3.05, 3.63) is 11.6 Å². The lowest BCUT2D eigenvalue weighted by Crippen LogP contribution is -1.99. The summed E-state index contributed by atoms with van der Waals surface area (Å²) >= 11 is 0. The first-order valence-corrected chi connectivity index (χ1v) is 4.90. The highest BCUT2D eigenvalue weighted by molar-refractivity contribution is 5.88. The lowest BCUT2D eigenvalue weighted by atomic mass is 10.0. The zero-order chi connectivity index (χ0) is 11.0. The topological polar surface area (TPSA) is 26.3 Å². The van der Waals surface area contributed by atoms with Crippen molar-refractivity contribution >= 4 is 5.97 Å². The van der Waals surface area contributed by atoms with Gasteiger partial charge in [-0.15, -0.1) is 0 Å². The highest BCUT2D eigenvalue weighted by atomic mass is 16.5. The van der Waals surface area contributed by atoms with Crippen molar-refractivity contribution in [3.8, 4) is 11.8 Å². The zero-order valence-electron chi connectivity index (χ0n) is 9.39. The van der Waals surface area contributed by atoms with Crippen LogP contribution < -0.4 is 0 Å². The summed E-state index contributed by atoms with van der Waals surface area (Å²) in [5, 5.41) is 0. The maximum absolute atomic E-state index is 10.8. The average Bonchev–Trinajstić information content (AvgIpc) is 2.02.